The van der Waals surface area contributed by atoms with Gasteiger partial charge in [0.15, 0.2) is 0 Å². The maximum absolute atomic E-state index is 11.4. The lowest BCUT2D eigenvalue weighted by Crippen LogP contribution is -2.37. The molecule has 0 spiro atoms. The highest BCUT2D eigenvalue weighted by atomic mass is 16.7. The molecule has 0 aromatic rings. The summed E-state index contributed by atoms with van der Waals surface area (Å²) in [5, 5.41) is 1.73. The van der Waals surface area contributed by atoms with Gasteiger partial charge >= 0.3 is 5.97 Å². The van der Waals surface area contributed by atoms with Crippen molar-refractivity contribution in [1.82, 2.24) is 5.06 Å². The van der Waals surface area contributed by atoms with Gasteiger partial charge in [0.05, 0.1) is 13.2 Å². The maximum Gasteiger partial charge on any atom is 0.325 e. The van der Waals surface area contributed by atoms with Crippen molar-refractivity contribution in [1.29, 1.82) is 0 Å². The van der Waals surface area contributed by atoms with E-state index in [0.717, 1.165) is 19.4 Å². The Morgan fingerprint density at radius 3 is 2.85 bits per heavy atom. The highest BCUT2D eigenvalue weighted by Gasteiger charge is 2.32. The molecule has 0 bridgehead atoms. The Morgan fingerprint density at radius 1 is 1.46 bits per heavy atom. The van der Waals surface area contributed by atoms with E-state index in [9.17, 15) is 4.79 Å². The van der Waals surface area contributed by atoms with Gasteiger partial charge in [0.25, 0.3) is 0 Å². The van der Waals surface area contributed by atoms with Crippen LogP contribution in [0.3, 0.4) is 0 Å². The lowest BCUT2D eigenvalue weighted by molar-refractivity contribution is -0.187. The summed E-state index contributed by atoms with van der Waals surface area (Å²) in [6.45, 7) is 5.61. The van der Waals surface area contributed by atoms with E-state index in [2.05, 4.69) is 0 Å². The van der Waals surface area contributed by atoms with E-state index < -0.39 is 0 Å². The zero-order valence-electron chi connectivity index (χ0n) is 8.28. The van der Waals surface area contributed by atoms with Gasteiger partial charge in [0, 0.05) is 6.54 Å². The maximum atomic E-state index is 11.4. The molecule has 4 heteroatoms. The SMILES string of the molecule is CCOC(=O)C1CCCN1OCC. The number of ether oxygens (including phenoxy) is 1. The third-order valence-electron chi connectivity index (χ3n) is 2.06. The van der Waals surface area contributed by atoms with Crippen LogP contribution in [-0.2, 0) is 14.4 Å². The first-order valence-corrected chi connectivity index (χ1v) is 4.85. The van der Waals surface area contributed by atoms with E-state index in [0.29, 0.717) is 13.2 Å². The number of esters is 1. The standard InChI is InChI=1S/C9H17NO3/c1-3-12-9(11)8-6-5-7-10(8)13-4-2/h8H,3-7H2,1-2H3. The van der Waals surface area contributed by atoms with Crippen LogP contribution >= 0.6 is 0 Å². The van der Waals surface area contributed by atoms with Crippen molar-refractivity contribution in [2.75, 3.05) is 19.8 Å². The number of nitrogens with zero attached hydrogens (tertiary/aromatic N) is 1. The Labute approximate surface area is 78.8 Å². The Morgan fingerprint density at radius 2 is 2.23 bits per heavy atom. The normalized spacial score (nSPS) is 23.4. The van der Waals surface area contributed by atoms with Gasteiger partial charge in [-0.05, 0) is 26.7 Å². The second kappa shape index (κ2) is 5.19. The van der Waals surface area contributed by atoms with Gasteiger partial charge in [-0.15, -0.1) is 0 Å². The minimum atomic E-state index is -0.181. The molecule has 13 heavy (non-hydrogen) atoms. The zero-order valence-corrected chi connectivity index (χ0v) is 8.28. The molecule has 1 heterocycles. The fraction of sp³-hybridized carbons (Fsp3) is 0.889. The van der Waals surface area contributed by atoms with Crippen LogP contribution < -0.4 is 0 Å². The number of hydrogen-bond acceptors (Lipinski definition) is 4. The Hall–Kier alpha value is -0.610. The van der Waals surface area contributed by atoms with E-state index in [1.807, 2.05) is 13.8 Å². The van der Waals surface area contributed by atoms with E-state index in [-0.39, 0.29) is 12.0 Å². The summed E-state index contributed by atoms with van der Waals surface area (Å²) in [6.07, 6.45) is 1.85. The molecule has 0 aromatic carbocycles. The Bertz CT molecular complexity index is 172. The molecule has 0 radical (unpaired) electrons. The fourth-order valence-corrected chi connectivity index (χ4v) is 1.53. The first-order valence-electron chi connectivity index (χ1n) is 4.85. The third-order valence-corrected chi connectivity index (χ3v) is 2.06. The largest absolute Gasteiger partial charge is 0.465 e. The molecule has 76 valence electrons. The van der Waals surface area contributed by atoms with Crippen molar-refractivity contribution < 1.29 is 14.4 Å². The fourth-order valence-electron chi connectivity index (χ4n) is 1.53. The number of hydroxylamine groups is 2. The first-order chi connectivity index (χ1) is 6.29. The van der Waals surface area contributed by atoms with Gasteiger partial charge in [-0.3, -0.25) is 9.63 Å². The van der Waals surface area contributed by atoms with Crippen molar-refractivity contribution in [3.8, 4) is 0 Å². The lowest BCUT2D eigenvalue weighted by atomic mass is 10.2. The predicted octanol–water partition coefficient (Wildman–Crippen LogP) is 0.965. The molecular weight excluding hydrogens is 170 g/mol. The van der Waals surface area contributed by atoms with Gasteiger partial charge in [-0.25, -0.2) is 0 Å². The molecule has 0 aromatic heterocycles. The summed E-state index contributed by atoms with van der Waals surface area (Å²) < 4.78 is 4.94. The summed E-state index contributed by atoms with van der Waals surface area (Å²) in [5.41, 5.74) is 0. The number of carbonyl (C=O) groups excluding carboxylic acids is 1. The van der Waals surface area contributed by atoms with Crippen molar-refractivity contribution >= 4 is 5.97 Å². The highest BCUT2D eigenvalue weighted by molar-refractivity contribution is 5.75. The Balaban J connectivity index is 2.42. The molecule has 0 N–H and O–H groups in total. The van der Waals surface area contributed by atoms with Crippen LogP contribution in [-0.4, -0.2) is 36.8 Å². The van der Waals surface area contributed by atoms with Crippen molar-refractivity contribution in [3.63, 3.8) is 0 Å². The molecule has 1 fully saturated rings. The monoisotopic (exact) mass is 187 g/mol. The molecule has 0 aliphatic carbocycles. The average molecular weight is 187 g/mol. The number of hydrogen-bond donors (Lipinski definition) is 0. The van der Waals surface area contributed by atoms with Gasteiger partial charge < -0.3 is 4.74 Å². The summed E-state index contributed by atoms with van der Waals surface area (Å²) in [5.74, 6) is -0.159. The topological polar surface area (TPSA) is 38.8 Å². The summed E-state index contributed by atoms with van der Waals surface area (Å²) in [7, 11) is 0. The molecule has 1 unspecified atom stereocenters. The van der Waals surface area contributed by atoms with E-state index in [1.165, 1.54) is 0 Å². The molecule has 4 nitrogen and oxygen atoms in total. The van der Waals surface area contributed by atoms with Gasteiger partial charge in [0.1, 0.15) is 6.04 Å². The third kappa shape index (κ3) is 2.67. The van der Waals surface area contributed by atoms with Crippen molar-refractivity contribution in [2.45, 2.75) is 32.7 Å². The second-order valence-corrected chi connectivity index (χ2v) is 2.97. The summed E-state index contributed by atoms with van der Waals surface area (Å²) in [6, 6.07) is -0.181. The highest BCUT2D eigenvalue weighted by Crippen LogP contribution is 2.18. The van der Waals surface area contributed by atoms with Crippen LogP contribution in [0, 0.1) is 0 Å². The summed E-state index contributed by atoms with van der Waals surface area (Å²) in [4.78, 5) is 16.7. The quantitative estimate of drug-likeness (QED) is 0.615. The van der Waals surface area contributed by atoms with E-state index in [1.54, 1.807) is 5.06 Å². The minimum Gasteiger partial charge on any atom is -0.465 e. The number of rotatable bonds is 4. The molecule has 1 rings (SSSR count). The molecule has 1 saturated heterocycles. The van der Waals surface area contributed by atoms with Crippen LogP contribution in [0.5, 0.6) is 0 Å². The predicted molar refractivity (Wildman–Crippen MR) is 48.0 cm³/mol. The lowest BCUT2D eigenvalue weighted by Gasteiger charge is -2.21. The summed E-state index contributed by atoms with van der Waals surface area (Å²) >= 11 is 0. The van der Waals surface area contributed by atoms with Gasteiger partial charge in [0.2, 0.25) is 0 Å². The van der Waals surface area contributed by atoms with Gasteiger partial charge in [-0.1, -0.05) is 0 Å². The first kappa shape index (κ1) is 10.5. The molecule has 1 atom stereocenters. The molecule has 0 amide bonds. The zero-order chi connectivity index (χ0) is 9.68. The van der Waals surface area contributed by atoms with Crippen LogP contribution in [0.1, 0.15) is 26.7 Å². The molecule has 1 aliphatic rings. The van der Waals surface area contributed by atoms with E-state index >= 15 is 0 Å². The molecule has 1 aliphatic heterocycles. The van der Waals surface area contributed by atoms with Crippen molar-refractivity contribution in [3.05, 3.63) is 0 Å². The van der Waals surface area contributed by atoms with E-state index in [4.69, 9.17) is 9.57 Å². The molecular formula is C9H17NO3. The minimum absolute atomic E-state index is 0.159. The van der Waals surface area contributed by atoms with Crippen LogP contribution in [0.25, 0.3) is 0 Å². The van der Waals surface area contributed by atoms with Gasteiger partial charge in [-0.2, -0.15) is 5.06 Å². The van der Waals surface area contributed by atoms with Crippen molar-refractivity contribution in [2.24, 2.45) is 0 Å². The van der Waals surface area contributed by atoms with Crippen LogP contribution in [0.4, 0.5) is 0 Å². The van der Waals surface area contributed by atoms with Crippen LogP contribution in [0.15, 0.2) is 0 Å². The number of carbonyl (C=O) groups is 1. The Kier molecular flexibility index (Phi) is 4.18. The second-order valence-electron chi connectivity index (χ2n) is 2.97. The smallest absolute Gasteiger partial charge is 0.325 e. The molecule has 0 saturated carbocycles. The average Bonchev–Trinajstić information content (AvgIpc) is 2.54. The van der Waals surface area contributed by atoms with Crippen LogP contribution in [0.2, 0.25) is 0 Å².